The van der Waals surface area contributed by atoms with Gasteiger partial charge < -0.3 is 11.1 Å². The van der Waals surface area contributed by atoms with Crippen LogP contribution in [0.25, 0.3) is 0 Å². The Morgan fingerprint density at radius 1 is 1.56 bits per heavy atom. The molecule has 7 nitrogen and oxygen atoms in total. The molecule has 0 saturated carbocycles. The first-order valence-corrected chi connectivity index (χ1v) is 5.32. The van der Waals surface area contributed by atoms with Crippen molar-refractivity contribution in [2.75, 3.05) is 12.4 Å². The Balaban J connectivity index is 2.23. The lowest BCUT2D eigenvalue weighted by atomic mass is 10.2. The van der Waals surface area contributed by atoms with Gasteiger partial charge in [-0.1, -0.05) is 0 Å². The van der Waals surface area contributed by atoms with Gasteiger partial charge >= 0.3 is 0 Å². The van der Waals surface area contributed by atoms with E-state index in [4.69, 9.17) is 5.73 Å². The van der Waals surface area contributed by atoms with Gasteiger partial charge in [-0.3, -0.25) is 19.3 Å². The highest BCUT2D eigenvalue weighted by atomic mass is 16.2. The number of rotatable bonds is 3. The minimum atomic E-state index is -0.699. The summed E-state index contributed by atoms with van der Waals surface area (Å²) in [5.74, 6) is -1.04. The van der Waals surface area contributed by atoms with Crippen LogP contribution in [0.5, 0.6) is 0 Å². The summed E-state index contributed by atoms with van der Waals surface area (Å²) in [6, 6.07) is 2.37. The van der Waals surface area contributed by atoms with E-state index in [-0.39, 0.29) is 29.6 Å². The maximum Gasteiger partial charge on any atom is 0.252 e. The van der Waals surface area contributed by atoms with Crippen LogP contribution in [0, 0.1) is 0 Å². The molecule has 0 spiro atoms. The van der Waals surface area contributed by atoms with Crippen molar-refractivity contribution in [2.45, 2.75) is 12.5 Å². The fraction of sp³-hybridized carbons (Fsp3) is 0.273. The summed E-state index contributed by atoms with van der Waals surface area (Å²) in [6.45, 7) is 0. The van der Waals surface area contributed by atoms with Gasteiger partial charge in [0.2, 0.25) is 5.91 Å². The number of nitrogens with zero attached hydrogens (tertiary/aromatic N) is 2. The summed E-state index contributed by atoms with van der Waals surface area (Å²) in [5, 5.41) is 2.78. The Labute approximate surface area is 103 Å². The maximum absolute atomic E-state index is 11.7. The molecule has 0 bridgehead atoms. The predicted molar refractivity (Wildman–Crippen MR) is 62.6 cm³/mol. The number of likely N-dealkylation sites (N-methyl/N-ethyl adjacent to an activating group) is 1. The molecule has 3 N–H and O–H groups in total. The van der Waals surface area contributed by atoms with Crippen LogP contribution in [0.4, 0.5) is 5.82 Å². The van der Waals surface area contributed by atoms with Crippen molar-refractivity contribution in [3.8, 4) is 0 Å². The third kappa shape index (κ3) is 2.02. The number of hydrogen-bond donors (Lipinski definition) is 2. The molecule has 1 fully saturated rings. The van der Waals surface area contributed by atoms with E-state index in [1.807, 2.05) is 0 Å². The Hall–Kier alpha value is -2.44. The zero-order valence-electron chi connectivity index (χ0n) is 9.71. The maximum atomic E-state index is 11.7. The zero-order valence-corrected chi connectivity index (χ0v) is 9.71. The monoisotopic (exact) mass is 248 g/mol. The standard InChI is InChI=1S/C11H12N4O3/c1-15-8(16)5-7(11(15)18)14-10-6(9(12)17)3-2-4-13-10/h2-4,7H,5H2,1H3,(H2,12,17)(H,13,14). The van der Waals surface area contributed by atoms with Gasteiger partial charge in [-0.05, 0) is 12.1 Å². The van der Waals surface area contributed by atoms with E-state index in [1.54, 1.807) is 6.07 Å². The van der Waals surface area contributed by atoms with Crippen LogP contribution < -0.4 is 11.1 Å². The SMILES string of the molecule is CN1C(=O)CC(Nc2ncccc2C(N)=O)C1=O. The van der Waals surface area contributed by atoms with Crippen LogP contribution in [0.2, 0.25) is 0 Å². The molecule has 1 aliphatic rings. The van der Waals surface area contributed by atoms with E-state index < -0.39 is 11.9 Å². The van der Waals surface area contributed by atoms with Gasteiger partial charge in [-0.15, -0.1) is 0 Å². The summed E-state index contributed by atoms with van der Waals surface area (Å²) < 4.78 is 0. The van der Waals surface area contributed by atoms with Crippen LogP contribution in [-0.2, 0) is 9.59 Å². The quantitative estimate of drug-likeness (QED) is 0.691. The van der Waals surface area contributed by atoms with Gasteiger partial charge in [0.25, 0.3) is 11.8 Å². The highest BCUT2D eigenvalue weighted by Gasteiger charge is 2.36. The smallest absolute Gasteiger partial charge is 0.252 e. The van der Waals surface area contributed by atoms with Crippen molar-refractivity contribution >= 4 is 23.5 Å². The lowest BCUT2D eigenvalue weighted by molar-refractivity contribution is -0.136. The zero-order chi connectivity index (χ0) is 13.3. The molecular weight excluding hydrogens is 236 g/mol. The first-order valence-electron chi connectivity index (χ1n) is 5.32. The van der Waals surface area contributed by atoms with E-state index in [9.17, 15) is 14.4 Å². The number of nitrogens with one attached hydrogen (secondary N) is 1. The number of hydrogen-bond acceptors (Lipinski definition) is 5. The van der Waals surface area contributed by atoms with Gasteiger partial charge in [0, 0.05) is 13.2 Å². The number of pyridine rings is 1. The molecule has 3 amide bonds. The number of amides is 3. The lowest BCUT2D eigenvalue weighted by Crippen LogP contribution is -2.32. The van der Waals surface area contributed by atoms with Crippen molar-refractivity contribution in [2.24, 2.45) is 5.73 Å². The number of primary amides is 1. The van der Waals surface area contributed by atoms with Crippen molar-refractivity contribution in [3.63, 3.8) is 0 Å². The topological polar surface area (TPSA) is 105 Å². The summed E-state index contributed by atoms with van der Waals surface area (Å²) >= 11 is 0. The first kappa shape index (κ1) is 12.0. The number of likely N-dealkylation sites (tertiary alicyclic amines) is 1. The molecule has 1 aromatic heterocycles. The minimum Gasteiger partial charge on any atom is -0.365 e. The van der Waals surface area contributed by atoms with E-state index in [0.717, 1.165) is 4.90 Å². The van der Waals surface area contributed by atoms with Gasteiger partial charge in [0.1, 0.15) is 11.9 Å². The Morgan fingerprint density at radius 3 is 2.83 bits per heavy atom. The molecule has 0 radical (unpaired) electrons. The van der Waals surface area contributed by atoms with E-state index in [2.05, 4.69) is 10.3 Å². The molecule has 0 aliphatic carbocycles. The molecule has 94 valence electrons. The van der Waals surface area contributed by atoms with Crippen molar-refractivity contribution in [1.82, 2.24) is 9.88 Å². The summed E-state index contributed by atoms with van der Waals surface area (Å²) in [7, 11) is 1.42. The Morgan fingerprint density at radius 2 is 2.28 bits per heavy atom. The van der Waals surface area contributed by atoms with Gasteiger partial charge in [-0.2, -0.15) is 0 Å². The largest absolute Gasteiger partial charge is 0.365 e. The van der Waals surface area contributed by atoms with Crippen molar-refractivity contribution < 1.29 is 14.4 Å². The molecule has 1 aromatic rings. The van der Waals surface area contributed by atoms with Crippen molar-refractivity contribution in [3.05, 3.63) is 23.9 Å². The fourth-order valence-corrected chi connectivity index (χ4v) is 1.75. The highest BCUT2D eigenvalue weighted by molar-refractivity contribution is 6.07. The van der Waals surface area contributed by atoms with E-state index in [0.29, 0.717) is 0 Å². The van der Waals surface area contributed by atoms with Gasteiger partial charge in [-0.25, -0.2) is 4.98 Å². The van der Waals surface area contributed by atoms with Crippen LogP contribution in [0.3, 0.4) is 0 Å². The Kier molecular flexibility index (Phi) is 2.97. The number of carbonyl (C=O) groups is 3. The van der Waals surface area contributed by atoms with E-state index in [1.165, 1.54) is 19.3 Å². The molecule has 0 aromatic carbocycles. The molecule has 18 heavy (non-hydrogen) atoms. The summed E-state index contributed by atoms with van der Waals surface area (Å²) in [5.41, 5.74) is 5.38. The molecule has 1 atom stereocenters. The number of anilines is 1. The summed E-state index contributed by atoms with van der Waals surface area (Å²) in [6.07, 6.45) is 1.52. The Bertz CT molecular complexity index is 529. The molecular formula is C11H12N4O3. The summed E-state index contributed by atoms with van der Waals surface area (Å²) in [4.78, 5) is 39.2. The number of aromatic nitrogens is 1. The predicted octanol–water partition coefficient (Wildman–Crippen LogP) is -0.650. The van der Waals surface area contributed by atoms with Gasteiger partial charge in [0.05, 0.1) is 12.0 Å². The van der Waals surface area contributed by atoms with Gasteiger partial charge in [0.15, 0.2) is 0 Å². The molecule has 7 heteroatoms. The molecule has 1 aliphatic heterocycles. The average Bonchev–Trinajstić information content (AvgIpc) is 2.57. The van der Waals surface area contributed by atoms with Crippen LogP contribution in [-0.4, -0.2) is 40.7 Å². The average molecular weight is 248 g/mol. The second-order valence-corrected chi connectivity index (χ2v) is 3.96. The van der Waals surface area contributed by atoms with Crippen LogP contribution in [0.1, 0.15) is 16.8 Å². The van der Waals surface area contributed by atoms with Crippen LogP contribution >= 0.6 is 0 Å². The lowest BCUT2D eigenvalue weighted by Gasteiger charge is -2.13. The van der Waals surface area contributed by atoms with E-state index >= 15 is 0 Å². The second kappa shape index (κ2) is 4.44. The first-order chi connectivity index (χ1) is 8.50. The number of carbonyl (C=O) groups excluding carboxylic acids is 3. The minimum absolute atomic E-state index is 0.0457. The van der Waals surface area contributed by atoms with Crippen molar-refractivity contribution in [1.29, 1.82) is 0 Å². The molecule has 2 heterocycles. The molecule has 2 rings (SSSR count). The third-order valence-corrected chi connectivity index (χ3v) is 2.77. The number of imide groups is 1. The fourth-order valence-electron chi connectivity index (χ4n) is 1.75. The highest BCUT2D eigenvalue weighted by Crippen LogP contribution is 2.18. The number of nitrogens with two attached hydrogens (primary N) is 1. The molecule has 1 unspecified atom stereocenters. The second-order valence-electron chi connectivity index (χ2n) is 3.96. The van der Waals surface area contributed by atoms with Crippen LogP contribution in [0.15, 0.2) is 18.3 Å². The normalized spacial score (nSPS) is 19.2. The molecule has 1 saturated heterocycles. The third-order valence-electron chi connectivity index (χ3n) is 2.77.